The molecule has 1 aliphatic carbocycles. The third-order valence-electron chi connectivity index (χ3n) is 4.89. The third-order valence-corrected chi connectivity index (χ3v) is 6.14. The molecule has 1 N–H and O–H groups in total. The van der Waals surface area contributed by atoms with E-state index in [0.717, 1.165) is 25.5 Å². The van der Waals surface area contributed by atoms with Crippen LogP contribution >= 0.6 is 0 Å². The number of allylic oxidation sites excluding steroid dienone is 1. The van der Waals surface area contributed by atoms with Crippen LogP contribution in [-0.2, 0) is 20.2 Å². The minimum absolute atomic E-state index is 0.0451. The Hall–Kier alpha value is -1.66. The van der Waals surface area contributed by atoms with Crippen LogP contribution in [-0.4, -0.2) is 38.0 Å². The van der Waals surface area contributed by atoms with Crippen LogP contribution in [0.3, 0.4) is 0 Å². The molecule has 0 spiro atoms. The van der Waals surface area contributed by atoms with E-state index in [1.807, 2.05) is 24.3 Å². The van der Waals surface area contributed by atoms with Gasteiger partial charge < -0.3 is 5.32 Å². The molecule has 1 amide bonds. The maximum atomic E-state index is 12.4. The van der Waals surface area contributed by atoms with E-state index in [1.54, 1.807) is 0 Å². The first-order valence-electron chi connectivity index (χ1n) is 9.59. The van der Waals surface area contributed by atoms with Gasteiger partial charge in [-0.3, -0.25) is 4.79 Å². The van der Waals surface area contributed by atoms with Crippen LogP contribution < -0.4 is 5.32 Å². The van der Waals surface area contributed by atoms with E-state index in [-0.39, 0.29) is 17.9 Å². The Morgan fingerprint density at radius 2 is 1.81 bits per heavy atom. The molecule has 0 aromatic heterocycles. The maximum Gasteiger partial charge on any atom is 0.239 e. The Balaban J connectivity index is 1.96. The highest BCUT2D eigenvalue weighted by atomic mass is 32.2. The highest BCUT2D eigenvalue weighted by Gasteiger charge is 2.21. The molecule has 150 valence electrons. The number of amides is 1. The summed E-state index contributed by atoms with van der Waals surface area (Å²) < 4.78 is 25.4. The predicted molar refractivity (Wildman–Crippen MR) is 111 cm³/mol. The molecule has 6 heteroatoms. The lowest BCUT2D eigenvalue weighted by Crippen LogP contribution is -2.38. The number of rotatable bonds is 7. The lowest BCUT2D eigenvalue weighted by molar-refractivity contribution is -0.116. The Kier molecular flexibility index (Phi) is 7.23. The molecular formula is C21H32N2O3S. The van der Waals surface area contributed by atoms with E-state index in [1.165, 1.54) is 21.9 Å². The maximum absolute atomic E-state index is 12.4. The van der Waals surface area contributed by atoms with Gasteiger partial charge in [-0.1, -0.05) is 44.6 Å². The van der Waals surface area contributed by atoms with Crippen LogP contribution in [0.15, 0.2) is 35.9 Å². The largest absolute Gasteiger partial charge is 0.325 e. The van der Waals surface area contributed by atoms with Crippen molar-refractivity contribution in [2.75, 3.05) is 24.7 Å². The second-order valence-corrected chi connectivity index (χ2v) is 10.3. The molecule has 27 heavy (non-hydrogen) atoms. The van der Waals surface area contributed by atoms with E-state index in [2.05, 4.69) is 32.2 Å². The van der Waals surface area contributed by atoms with Crippen molar-refractivity contribution in [1.29, 1.82) is 0 Å². The summed E-state index contributed by atoms with van der Waals surface area (Å²) in [7, 11) is -3.43. The molecule has 0 saturated carbocycles. The van der Waals surface area contributed by atoms with Crippen LogP contribution in [0.25, 0.3) is 0 Å². The van der Waals surface area contributed by atoms with Crippen molar-refractivity contribution in [3.63, 3.8) is 0 Å². The van der Waals surface area contributed by atoms with Gasteiger partial charge in [0, 0.05) is 12.2 Å². The Bertz CT molecular complexity index is 775. The summed E-state index contributed by atoms with van der Waals surface area (Å²) in [4.78, 5) is 12.4. The first-order chi connectivity index (χ1) is 12.6. The van der Waals surface area contributed by atoms with Gasteiger partial charge in [-0.2, -0.15) is 4.31 Å². The van der Waals surface area contributed by atoms with E-state index >= 15 is 0 Å². The standard InChI is InChI=1S/C21H32N2O3S/c1-21(2,3)18-10-12-19(13-11-18)22-20(24)16-23(27(4,25)26)15-14-17-8-6-5-7-9-17/h8,10-13H,5-7,9,14-16H2,1-4H3,(H,22,24). The van der Waals surface area contributed by atoms with Crippen molar-refractivity contribution in [3.05, 3.63) is 41.5 Å². The zero-order valence-corrected chi connectivity index (χ0v) is 17.7. The van der Waals surface area contributed by atoms with Gasteiger partial charge in [0.2, 0.25) is 15.9 Å². The summed E-state index contributed by atoms with van der Waals surface area (Å²) in [6.07, 6.45) is 8.53. The zero-order chi connectivity index (χ0) is 20.1. The zero-order valence-electron chi connectivity index (χ0n) is 16.9. The van der Waals surface area contributed by atoms with Crippen LogP contribution in [0.2, 0.25) is 0 Å². The summed E-state index contributed by atoms with van der Waals surface area (Å²) in [5.41, 5.74) is 3.20. The predicted octanol–water partition coefficient (Wildman–Crippen LogP) is 4.07. The number of nitrogens with one attached hydrogen (secondary N) is 1. The fourth-order valence-corrected chi connectivity index (χ4v) is 3.95. The van der Waals surface area contributed by atoms with Gasteiger partial charge in [-0.15, -0.1) is 0 Å². The minimum atomic E-state index is -3.43. The summed E-state index contributed by atoms with van der Waals surface area (Å²) in [5.74, 6) is -0.318. The second-order valence-electron chi connectivity index (χ2n) is 8.33. The molecule has 0 saturated heterocycles. The number of hydrogen-bond donors (Lipinski definition) is 1. The van der Waals surface area contributed by atoms with E-state index in [0.29, 0.717) is 18.7 Å². The monoisotopic (exact) mass is 392 g/mol. The van der Waals surface area contributed by atoms with Crippen molar-refractivity contribution in [1.82, 2.24) is 4.31 Å². The molecule has 0 bridgehead atoms. The molecule has 5 nitrogen and oxygen atoms in total. The SMILES string of the molecule is CC(C)(C)c1ccc(NC(=O)CN(CCC2=CCCCC2)S(C)(=O)=O)cc1. The minimum Gasteiger partial charge on any atom is -0.325 e. The second kappa shape index (κ2) is 9.02. The van der Waals surface area contributed by atoms with Gasteiger partial charge in [-0.05, 0) is 55.2 Å². The Morgan fingerprint density at radius 3 is 2.33 bits per heavy atom. The van der Waals surface area contributed by atoms with E-state index in [9.17, 15) is 13.2 Å². The molecule has 2 rings (SSSR count). The molecule has 1 aromatic carbocycles. The van der Waals surface area contributed by atoms with Crippen LogP contribution in [0.1, 0.15) is 58.4 Å². The Labute approximate surface area is 163 Å². The lowest BCUT2D eigenvalue weighted by Gasteiger charge is -2.22. The molecule has 0 aliphatic heterocycles. The van der Waals surface area contributed by atoms with Crippen molar-refractivity contribution in [2.24, 2.45) is 0 Å². The van der Waals surface area contributed by atoms with E-state index < -0.39 is 10.0 Å². The van der Waals surface area contributed by atoms with Crippen LogP contribution in [0.4, 0.5) is 5.69 Å². The number of carbonyl (C=O) groups is 1. The number of nitrogens with zero attached hydrogens (tertiary/aromatic N) is 1. The average molecular weight is 393 g/mol. The fourth-order valence-electron chi connectivity index (χ4n) is 3.18. The van der Waals surface area contributed by atoms with Gasteiger partial charge in [0.15, 0.2) is 0 Å². The van der Waals surface area contributed by atoms with Crippen molar-refractivity contribution < 1.29 is 13.2 Å². The molecule has 0 atom stereocenters. The van der Waals surface area contributed by atoms with Crippen LogP contribution in [0, 0.1) is 0 Å². The van der Waals surface area contributed by atoms with Crippen molar-refractivity contribution >= 4 is 21.6 Å². The fraction of sp³-hybridized carbons (Fsp3) is 0.571. The molecule has 0 fully saturated rings. The Morgan fingerprint density at radius 1 is 1.15 bits per heavy atom. The van der Waals surface area contributed by atoms with Crippen molar-refractivity contribution in [3.8, 4) is 0 Å². The number of hydrogen-bond acceptors (Lipinski definition) is 3. The number of sulfonamides is 1. The van der Waals surface area contributed by atoms with Gasteiger partial charge >= 0.3 is 0 Å². The van der Waals surface area contributed by atoms with Gasteiger partial charge in [0.25, 0.3) is 0 Å². The van der Waals surface area contributed by atoms with Gasteiger partial charge in [0.05, 0.1) is 12.8 Å². The number of anilines is 1. The van der Waals surface area contributed by atoms with E-state index in [4.69, 9.17) is 0 Å². The van der Waals surface area contributed by atoms with Crippen LogP contribution in [0.5, 0.6) is 0 Å². The molecule has 0 unspecified atom stereocenters. The summed E-state index contributed by atoms with van der Waals surface area (Å²) in [6.45, 7) is 6.58. The molecule has 0 radical (unpaired) electrons. The molecule has 0 heterocycles. The topological polar surface area (TPSA) is 66.5 Å². The first-order valence-corrected chi connectivity index (χ1v) is 11.4. The summed E-state index contributed by atoms with van der Waals surface area (Å²) in [5, 5.41) is 2.80. The normalized spacial score (nSPS) is 15.5. The summed E-state index contributed by atoms with van der Waals surface area (Å²) in [6, 6.07) is 7.69. The molecular weight excluding hydrogens is 360 g/mol. The lowest BCUT2D eigenvalue weighted by atomic mass is 9.87. The highest BCUT2D eigenvalue weighted by Crippen LogP contribution is 2.24. The quantitative estimate of drug-likeness (QED) is 0.711. The number of carbonyl (C=O) groups excluding carboxylic acids is 1. The molecule has 1 aromatic rings. The number of benzene rings is 1. The van der Waals surface area contributed by atoms with Gasteiger partial charge in [0.1, 0.15) is 0 Å². The van der Waals surface area contributed by atoms with Gasteiger partial charge in [-0.25, -0.2) is 8.42 Å². The van der Waals surface area contributed by atoms with Crippen molar-refractivity contribution in [2.45, 2.75) is 58.3 Å². The highest BCUT2D eigenvalue weighted by molar-refractivity contribution is 7.88. The smallest absolute Gasteiger partial charge is 0.239 e. The third kappa shape index (κ3) is 7.11. The first kappa shape index (κ1) is 21.6. The average Bonchev–Trinajstić information content (AvgIpc) is 2.58. The summed E-state index contributed by atoms with van der Waals surface area (Å²) >= 11 is 0. The molecule has 1 aliphatic rings.